The van der Waals surface area contributed by atoms with E-state index in [1.807, 2.05) is 26.0 Å². The van der Waals surface area contributed by atoms with Gasteiger partial charge in [-0.05, 0) is 55.8 Å². The summed E-state index contributed by atoms with van der Waals surface area (Å²) in [6.07, 6.45) is 3.29. The molecule has 174 valence electrons. The number of ether oxygens (including phenoxy) is 2. The molecule has 2 heterocycles. The number of carbonyl (C=O) groups excluding carboxylic acids is 2. The molecule has 1 aliphatic heterocycles. The number of nitrogens with zero attached hydrogens (tertiary/aromatic N) is 2. The number of aliphatic hydroxyl groups excluding tert-OH is 1. The highest BCUT2D eigenvalue weighted by Gasteiger charge is 2.47. The number of aliphatic hydroxyl groups is 1. The van der Waals surface area contributed by atoms with E-state index >= 15 is 0 Å². The summed E-state index contributed by atoms with van der Waals surface area (Å²) in [7, 11) is 1.53. The smallest absolute Gasteiger partial charge is 0.295 e. The Hall–Kier alpha value is -4.13. The fourth-order valence-corrected chi connectivity index (χ4v) is 4.07. The van der Waals surface area contributed by atoms with E-state index in [9.17, 15) is 14.7 Å². The molecule has 0 radical (unpaired) electrons. The van der Waals surface area contributed by atoms with Crippen LogP contribution >= 0.6 is 0 Å². The van der Waals surface area contributed by atoms with Crippen molar-refractivity contribution in [1.82, 2.24) is 9.88 Å². The van der Waals surface area contributed by atoms with E-state index in [-0.39, 0.29) is 24.0 Å². The molecule has 34 heavy (non-hydrogen) atoms. The number of rotatable bonds is 7. The first-order valence-corrected chi connectivity index (χ1v) is 11.0. The minimum absolute atomic E-state index is 0.00259. The van der Waals surface area contributed by atoms with E-state index in [0.717, 1.165) is 5.56 Å². The molecule has 7 heteroatoms. The number of hydrogen-bond donors (Lipinski definition) is 1. The lowest BCUT2D eigenvalue weighted by Crippen LogP contribution is -2.29. The monoisotopic (exact) mass is 458 g/mol. The first kappa shape index (κ1) is 23.0. The maximum Gasteiger partial charge on any atom is 0.295 e. The van der Waals surface area contributed by atoms with Gasteiger partial charge in [0.1, 0.15) is 17.3 Å². The maximum atomic E-state index is 13.2. The molecule has 0 saturated carbocycles. The van der Waals surface area contributed by atoms with E-state index in [2.05, 4.69) is 4.98 Å². The number of methoxy groups -OCH3 is 1. The van der Waals surface area contributed by atoms with Crippen molar-refractivity contribution in [2.75, 3.05) is 7.11 Å². The quantitative estimate of drug-likeness (QED) is 0.319. The number of ketones is 1. The molecule has 1 aliphatic rings. The summed E-state index contributed by atoms with van der Waals surface area (Å²) in [6, 6.07) is 16.7. The summed E-state index contributed by atoms with van der Waals surface area (Å²) in [5.74, 6) is -0.540. The number of carbonyl (C=O) groups is 2. The number of hydrogen-bond acceptors (Lipinski definition) is 6. The summed E-state index contributed by atoms with van der Waals surface area (Å²) >= 11 is 0. The Morgan fingerprint density at radius 2 is 1.79 bits per heavy atom. The molecule has 2 aromatic carbocycles. The molecular weight excluding hydrogens is 432 g/mol. The zero-order valence-electron chi connectivity index (χ0n) is 19.3. The summed E-state index contributed by atoms with van der Waals surface area (Å²) in [5, 5.41) is 11.2. The highest BCUT2D eigenvalue weighted by Crippen LogP contribution is 2.43. The second kappa shape index (κ2) is 9.79. The van der Waals surface area contributed by atoms with Crippen LogP contribution in [-0.4, -0.2) is 39.9 Å². The number of benzene rings is 2. The lowest BCUT2D eigenvalue weighted by atomic mass is 9.94. The van der Waals surface area contributed by atoms with E-state index < -0.39 is 17.7 Å². The number of pyridine rings is 1. The van der Waals surface area contributed by atoms with E-state index in [0.29, 0.717) is 22.6 Å². The average Bonchev–Trinajstić information content (AvgIpc) is 3.09. The van der Waals surface area contributed by atoms with Crippen LogP contribution in [0.3, 0.4) is 0 Å². The Balaban J connectivity index is 1.83. The number of likely N-dealkylation sites (tertiary alicyclic amines) is 1. The van der Waals surface area contributed by atoms with Crippen LogP contribution in [0.25, 0.3) is 5.76 Å². The molecule has 4 rings (SSSR count). The molecule has 1 unspecified atom stereocenters. The van der Waals surface area contributed by atoms with Crippen molar-refractivity contribution >= 4 is 17.4 Å². The molecule has 3 aromatic rings. The van der Waals surface area contributed by atoms with E-state index in [1.54, 1.807) is 60.9 Å². The van der Waals surface area contributed by atoms with Gasteiger partial charge < -0.3 is 19.5 Å². The highest BCUT2D eigenvalue weighted by molar-refractivity contribution is 6.46. The third-order valence-electron chi connectivity index (χ3n) is 5.55. The van der Waals surface area contributed by atoms with Crippen LogP contribution in [0.2, 0.25) is 0 Å². The van der Waals surface area contributed by atoms with Crippen LogP contribution < -0.4 is 9.47 Å². The largest absolute Gasteiger partial charge is 0.507 e. The minimum atomic E-state index is -0.831. The Bertz CT molecular complexity index is 1220. The Morgan fingerprint density at radius 3 is 2.44 bits per heavy atom. The second-order valence-corrected chi connectivity index (χ2v) is 8.22. The van der Waals surface area contributed by atoms with Crippen LogP contribution in [0.4, 0.5) is 0 Å². The van der Waals surface area contributed by atoms with E-state index in [1.165, 1.54) is 12.0 Å². The van der Waals surface area contributed by atoms with Crippen molar-refractivity contribution < 1.29 is 24.2 Å². The van der Waals surface area contributed by atoms with Gasteiger partial charge in [-0.15, -0.1) is 0 Å². The zero-order valence-corrected chi connectivity index (χ0v) is 19.3. The van der Waals surface area contributed by atoms with Crippen molar-refractivity contribution in [3.63, 3.8) is 0 Å². The lowest BCUT2D eigenvalue weighted by molar-refractivity contribution is -0.140. The summed E-state index contributed by atoms with van der Waals surface area (Å²) in [5.41, 5.74) is 1.79. The van der Waals surface area contributed by atoms with Crippen molar-refractivity contribution in [2.45, 2.75) is 32.5 Å². The van der Waals surface area contributed by atoms with Crippen molar-refractivity contribution in [3.8, 4) is 11.5 Å². The molecule has 1 atom stereocenters. The average molecular weight is 459 g/mol. The molecule has 0 bridgehead atoms. The third-order valence-corrected chi connectivity index (χ3v) is 5.55. The summed E-state index contributed by atoms with van der Waals surface area (Å²) < 4.78 is 11.2. The van der Waals surface area contributed by atoms with Gasteiger partial charge in [0.2, 0.25) is 0 Å². The highest BCUT2D eigenvalue weighted by atomic mass is 16.5. The Labute approximate surface area is 198 Å². The van der Waals surface area contributed by atoms with Gasteiger partial charge in [0.15, 0.2) is 0 Å². The Kier molecular flexibility index (Phi) is 6.63. The molecule has 7 nitrogen and oxygen atoms in total. The van der Waals surface area contributed by atoms with Gasteiger partial charge in [-0.1, -0.05) is 24.3 Å². The van der Waals surface area contributed by atoms with Crippen LogP contribution in [0.15, 0.2) is 78.6 Å². The number of para-hydroxylation sites is 1. The first-order chi connectivity index (χ1) is 16.4. The first-order valence-electron chi connectivity index (χ1n) is 11.0. The molecule has 1 N–H and O–H groups in total. The van der Waals surface area contributed by atoms with Gasteiger partial charge in [-0.2, -0.15) is 0 Å². The van der Waals surface area contributed by atoms with Gasteiger partial charge in [0.05, 0.1) is 24.8 Å². The van der Waals surface area contributed by atoms with Crippen molar-refractivity contribution in [3.05, 3.63) is 95.3 Å². The standard InChI is InChI=1S/C27H26N2O5/c1-17(2)34-20-12-10-19(11-13-20)25(30)23-24(21-8-4-5-9-22(21)33-3)29(27(32)26(23)31)16-18-7-6-14-28-15-18/h4-15,17,24,30H,16H2,1-3H3. The minimum Gasteiger partial charge on any atom is -0.507 e. The number of aromatic nitrogens is 1. The topological polar surface area (TPSA) is 89.0 Å². The summed E-state index contributed by atoms with van der Waals surface area (Å²) in [4.78, 5) is 31.9. The number of Topliss-reactive ketones (excluding diaryl/α,β-unsaturated/α-hetero) is 1. The van der Waals surface area contributed by atoms with Gasteiger partial charge in [-0.25, -0.2) is 0 Å². The van der Waals surface area contributed by atoms with E-state index in [4.69, 9.17) is 9.47 Å². The maximum absolute atomic E-state index is 13.2. The SMILES string of the molecule is COc1ccccc1C1C(=C(O)c2ccc(OC(C)C)cc2)C(=O)C(=O)N1Cc1cccnc1. The fraction of sp³-hybridized carbons (Fsp3) is 0.222. The summed E-state index contributed by atoms with van der Waals surface area (Å²) in [6.45, 7) is 3.99. The Morgan fingerprint density at radius 1 is 1.06 bits per heavy atom. The predicted octanol–water partition coefficient (Wildman–Crippen LogP) is 4.50. The third kappa shape index (κ3) is 4.50. The van der Waals surface area contributed by atoms with Crippen molar-refractivity contribution in [1.29, 1.82) is 0 Å². The van der Waals surface area contributed by atoms with Gasteiger partial charge in [-0.3, -0.25) is 14.6 Å². The molecule has 1 amide bonds. The number of amides is 1. The molecule has 1 fully saturated rings. The van der Waals surface area contributed by atoms with Gasteiger partial charge in [0, 0.05) is 30.1 Å². The zero-order chi connectivity index (χ0) is 24.2. The molecule has 0 spiro atoms. The van der Waals surface area contributed by atoms with Crippen LogP contribution in [-0.2, 0) is 16.1 Å². The molecule has 1 saturated heterocycles. The second-order valence-electron chi connectivity index (χ2n) is 8.22. The fourth-order valence-electron chi connectivity index (χ4n) is 4.07. The normalized spacial score (nSPS) is 17.3. The molecular formula is C27H26N2O5. The van der Waals surface area contributed by atoms with Gasteiger partial charge in [0.25, 0.3) is 11.7 Å². The van der Waals surface area contributed by atoms with Crippen molar-refractivity contribution in [2.24, 2.45) is 0 Å². The molecule has 0 aliphatic carbocycles. The van der Waals surface area contributed by atoms with Crippen LogP contribution in [0.5, 0.6) is 11.5 Å². The predicted molar refractivity (Wildman–Crippen MR) is 127 cm³/mol. The van der Waals surface area contributed by atoms with Gasteiger partial charge >= 0.3 is 0 Å². The molecule has 1 aromatic heterocycles. The van der Waals surface area contributed by atoms with Crippen LogP contribution in [0, 0.1) is 0 Å². The lowest BCUT2D eigenvalue weighted by Gasteiger charge is -2.26. The van der Waals surface area contributed by atoms with Crippen LogP contribution in [0.1, 0.15) is 36.6 Å².